The molecule has 0 saturated carbocycles. The van der Waals surface area contributed by atoms with Gasteiger partial charge in [-0.25, -0.2) is 4.99 Å². The fourth-order valence-corrected chi connectivity index (χ4v) is 5.99. The van der Waals surface area contributed by atoms with E-state index in [9.17, 15) is 4.79 Å². The first-order chi connectivity index (χ1) is 22.9. The van der Waals surface area contributed by atoms with Crippen LogP contribution in [0.4, 0.5) is 0 Å². The summed E-state index contributed by atoms with van der Waals surface area (Å²) in [6.45, 7) is 0.793. The fraction of sp³-hybridized carbons (Fsp3) is 0.297. The molecule has 0 aliphatic carbocycles. The van der Waals surface area contributed by atoms with Gasteiger partial charge in [-0.1, -0.05) is 46.3 Å². The number of ether oxygens (including phenoxy) is 5. The summed E-state index contributed by atoms with van der Waals surface area (Å²) in [6.07, 6.45) is 0.538. The van der Waals surface area contributed by atoms with E-state index in [0.29, 0.717) is 60.5 Å². The predicted octanol–water partition coefficient (Wildman–Crippen LogP) is 6.09. The second-order valence-electron chi connectivity index (χ2n) is 11.0. The zero-order valence-corrected chi connectivity index (χ0v) is 28.3. The number of amides is 1. The van der Waals surface area contributed by atoms with Crippen LogP contribution in [0, 0.1) is 0 Å². The summed E-state index contributed by atoms with van der Waals surface area (Å²) in [5, 5.41) is 12.3. The number of methoxy groups -OCH3 is 3. The first-order valence-corrected chi connectivity index (χ1v) is 16.2. The van der Waals surface area contributed by atoms with E-state index in [4.69, 9.17) is 33.8 Å². The number of aliphatic hydroxyl groups excluding tert-OH is 1. The normalized spacial score (nSPS) is 17.0. The summed E-state index contributed by atoms with van der Waals surface area (Å²) in [4.78, 5) is 19.8. The Morgan fingerprint density at radius 3 is 2.36 bits per heavy atom. The highest BCUT2D eigenvalue weighted by Crippen LogP contribution is 2.44. The third kappa shape index (κ3) is 7.89. The lowest BCUT2D eigenvalue weighted by atomic mass is 9.82. The van der Waals surface area contributed by atoms with Gasteiger partial charge in [-0.15, -0.1) is 0 Å². The largest absolute Gasteiger partial charge is 0.497 e. The number of aliphatic imine (C=N–C) groups is 1. The van der Waals surface area contributed by atoms with E-state index >= 15 is 0 Å². The summed E-state index contributed by atoms with van der Waals surface area (Å²) in [7, 11) is 4.84. The molecule has 0 fully saturated rings. The molecule has 4 aromatic rings. The molecule has 246 valence electrons. The van der Waals surface area contributed by atoms with Crippen molar-refractivity contribution >= 4 is 27.7 Å². The molecular weight excluding hydrogens is 664 g/mol. The molecule has 5 rings (SSSR count). The summed E-state index contributed by atoms with van der Waals surface area (Å²) in [5.74, 6) is 2.79. The zero-order valence-electron chi connectivity index (χ0n) is 26.7. The second kappa shape index (κ2) is 15.8. The fourth-order valence-electron chi connectivity index (χ4n) is 5.56. The van der Waals surface area contributed by atoms with Crippen LogP contribution in [0.3, 0.4) is 0 Å². The maximum atomic E-state index is 14.6. The van der Waals surface area contributed by atoms with Crippen molar-refractivity contribution in [1.82, 2.24) is 5.32 Å². The van der Waals surface area contributed by atoms with Crippen molar-refractivity contribution in [1.29, 1.82) is 0 Å². The van der Waals surface area contributed by atoms with E-state index in [1.54, 1.807) is 21.3 Å². The Labute approximate surface area is 283 Å². The van der Waals surface area contributed by atoms with Crippen molar-refractivity contribution in [2.75, 3.05) is 41.1 Å². The summed E-state index contributed by atoms with van der Waals surface area (Å²) >= 11 is 3.69. The van der Waals surface area contributed by atoms with Gasteiger partial charge in [0.15, 0.2) is 11.6 Å². The molecule has 0 unspecified atom stereocenters. The molecule has 47 heavy (non-hydrogen) atoms. The molecule has 10 heteroatoms. The molecule has 4 aromatic carbocycles. The lowest BCUT2D eigenvalue weighted by molar-refractivity contribution is -0.128. The van der Waals surface area contributed by atoms with Crippen LogP contribution < -0.4 is 24.3 Å². The van der Waals surface area contributed by atoms with Crippen LogP contribution in [0.1, 0.15) is 34.8 Å². The Kier molecular flexibility index (Phi) is 11.4. The van der Waals surface area contributed by atoms with Crippen molar-refractivity contribution in [2.45, 2.75) is 30.9 Å². The van der Waals surface area contributed by atoms with E-state index in [0.717, 1.165) is 21.2 Å². The monoisotopic (exact) mass is 702 g/mol. The minimum Gasteiger partial charge on any atom is -0.497 e. The summed E-state index contributed by atoms with van der Waals surface area (Å²) < 4.78 is 29.8. The Morgan fingerprint density at radius 2 is 1.64 bits per heavy atom. The van der Waals surface area contributed by atoms with Gasteiger partial charge in [0.05, 0.1) is 27.9 Å². The van der Waals surface area contributed by atoms with Crippen molar-refractivity contribution in [3.05, 3.63) is 118 Å². The molecule has 1 amide bonds. The first-order valence-electron chi connectivity index (χ1n) is 15.4. The Bertz CT molecular complexity index is 1690. The second-order valence-corrected chi connectivity index (χ2v) is 11.9. The smallest absolute Gasteiger partial charge is 0.252 e. The van der Waals surface area contributed by atoms with E-state index < -0.39 is 11.6 Å². The van der Waals surface area contributed by atoms with Gasteiger partial charge in [0.1, 0.15) is 23.0 Å². The molecular formula is C37H39BrN2O7. The number of nitrogens with one attached hydrogen (secondary N) is 1. The van der Waals surface area contributed by atoms with Crippen LogP contribution in [-0.4, -0.2) is 63.5 Å². The van der Waals surface area contributed by atoms with Gasteiger partial charge in [-0.05, 0) is 83.8 Å². The molecule has 2 atom stereocenters. The lowest BCUT2D eigenvalue weighted by Gasteiger charge is -2.31. The molecule has 0 aromatic heterocycles. The van der Waals surface area contributed by atoms with E-state index in [1.165, 1.54) is 0 Å². The molecule has 0 spiro atoms. The van der Waals surface area contributed by atoms with Gasteiger partial charge in [0.2, 0.25) is 5.90 Å². The number of benzene rings is 4. The molecule has 9 nitrogen and oxygen atoms in total. The molecule has 0 radical (unpaired) electrons. The minimum atomic E-state index is -1.37. The SMILES string of the molecule is COc1cccc([C@H]2OC(c3ccc(OCCCO)cc3)=N[C@@]2(Cc2ccccc2Br)C(=O)NCCc2cc(OC)ccc2OC)c1. The van der Waals surface area contributed by atoms with Gasteiger partial charge in [-0.2, -0.15) is 0 Å². The average molecular weight is 704 g/mol. The highest BCUT2D eigenvalue weighted by molar-refractivity contribution is 9.10. The molecule has 0 saturated heterocycles. The van der Waals surface area contributed by atoms with E-state index in [1.807, 2.05) is 91.0 Å². The zero-order chi connectivity index (χ0) is 33.2. The Balaban J connectivity index is 1.54. The minimum absolute atomic E-state index is 0.0587. The van der Waals surface area contributed by atoms with Crippen LogP contribution >= 0.6 is 15.9 Å². The van der Waals surface area contributed by atoms with Crippen molar-refractivity contribution < 1.29 is 33.6 Å². The standard InChI is InChI=1S/C37H39BrN2O7/c1-43-30-10-6-9-27(23-30)34-37(24-28-8-4-5-11-32(28)38,36(42)39-19-18-26-22-31(44-2)16-17-33(26)45-3)40-35(47-34)25-12-14-29(15-13-25)46-21-7-20-41/h4-6,8-17,22-23,34,41H,7,18-21,24H2,1-3H3,(H,39,42)/t34-,37-/m1/s1. The third-order valence-corrected chi connectivity index (χ3v) is 8.79. The molecule has 2 N–H and O–H groups in total. The average Bonchev–Trinajstić information content (AvgIpc) is 3.50. The number of rotatable bonds is 15. The number of nitrogens with zero attached hydrogens (tertiary/aromatic N) is 1. The van der Waals surface area contributed by atoms with Crippen molar-refractivity contribution in [3.63, 3.8) is 0 Å². The number of halogens is 1. The van der Waals surface area contributed by atoms with Gasteiger partial charge in [0, 0.05) is 36.0 Å². The lowest BCUT2D eigenvalue weighted by Crippen LogP contribution is -2.50. The van der Waals surface area contributed by atoms with E-state index in [-0.39, 0.29) is 18.9 Å². The number of carbonyl (C=O) groups is 1. The summed E-state index contributed by atoms with van der Waals surface area (Å²) in [5.41, 5.74) is 1.90. The Hall–Kier alpha value is -4.54. The molecule has 0 bridgehead atoms. The van der Waals surface area contributed by atoms with Crippen LogP contribution in [0.5, 0.6) is 23.0 Å². The number of hydrogen-bond acceptors (Lipinski definition) is 8. The number of carbonyl (C=O) groups excluding carboxylic acids is 1. The van der Waals surface area contributed by atoms with Gasteiger partial charge in [-0.3, -0.25) is 4.79 Å². The quantitative estimate of drug-likeness (QED) is 0.144. The molecule has 1 aliphatic rings. The van der Waals surface area contributed by atoms with Crippen molar-refractivity contribution in [2.24, 2.45) is 4.99 Å². The Morgan fingerprint density at radius 1 is 0.894 bits per heavy atom. The maximum Gasteiger partial charge on any atom is 0.252 e. The van der Waals surface area contributed by atoms with Gasteiger partial charge in [0.25, 0.3) is 5.91 Å². The van der Waals surface area contributed by atoms with Crippen LogP contribution in [0.25, 0.3) is 0 Å². The van der Waals surface area contributed by atoms with Gasteiger partial charge < -0.3 is 34.1 Å². The van der Waals surface area contributed by atoms with Crippen molar-refractivity contribution in [3.8, 4) is 23.0 Å². The van der Waals surface area contributed by atoms with Crippen LogP contribution in [-0.2, 0) is 22.4 Å². The molecule has 1 heterocycles. The third-order valence-electron chi connectivity index (χ3n) is 8.01. The van der Waals surface area contributed by atoms with E-state index in [2.05, 4.69) is 21.2 Å². The van der Waals surface area contributed by atoms with Crippen LogP contribution in [0.15, 0.2) is 100 Å². The topological polar surface area (TPSA) is 108 Å². The highest BCUT2D eigenvalue weighted by atomic mass is 79.9. The summed E-state index contributed by atoms with van der Waals surface area (Å²) in [6, 6.07) is 28.3. The maximum absolute atomic E-state index is 14.6. The molecule has 1 aliphatic heterocycles. The number of hydrogen-bond donors (Lipinski definition) is 2. The van der Waals surface area contributed by atoms with Crippen LogP contribution in [0.2, 0.25) is 0 Å². The predicted molar refractivity (Wildman–Crippen MR) is 184 cm³/mol. The first kappa shape index (κ1) is 33.8. The highest BCUT2D eigenvalue weighted by Gasteiger charge is 2.53. The van der Waals surface area contributed by atoms with Gasteiger partial charge >= 0.3 is 0 Å². The number of aliphatic hydroxyl groups is 1.